The molecule has 130 valence electrons. The van der Waals surface area contributed by atoms with Gasteiger partial charge < -0.3 is 9.84 Å². The van der Waals surface area contributed by atoms with Gasteiger partial charge in [-0.2, -0.15) is 0 Å². The maximum absolute atomic E-state index is 12.5. The first kappa shape index (κ1) is 17.2. The van der Waals surface area contributed by atoms with Gasteiger partial charge in [0, 0.05) is 0 Å². The van der Waals surface area contributed by atoms with E-state index in [1.54, 1.807) is 18.2 Å². The Morgan fingerprint density at radius 2 is 1.92 bits per heavy atom. The van der Waals surface area contributed by atoms with E-state index in [-0.39, 0.29) is 0 Å². The molecule has 0 aliphatic heterocycles. The molecule has 2 aromatic rings. The van der Waals surface area contributed by atoms with Crippen LogP contribution < -0.4 is 0 Å². The van der Waals surface area contributed by atoms with Gasteiger partial charge in [-0.3, -0.25) is 4.79 Å². The summed E-state index contributed by atoms with van der Waals surface area (Å²) in [5, 5.41) is 9.93. The summed E-state index contributed by atoms with van der Waals surface area (Å²) in [6.45, 7) is 1.91. The topological polar surface area (TPSA) is 63.6 Å². The van der Waals surface area contributed by atoms with Crippen molar-refractivity contribution in [3.8, 4) is 0 Å². The Kier molecular flexibility index (Phi) is 4.88. The molecule has 4 heteroatoms. The summed E-state index contributed by atoms with van der Waals surface area (Å²) in [4.78, 5) is 24.6. The quantitative estimate of drug-likeness (QED) is 0.837. The number of carbonyl (C=O) groups is 2. The normalized spacial score (nSPS) is 22.5. The third kappa shape index (κ3) is 3.58. The van der Waals surface area contributed by atoms with Gasteiger partial charge in [0.25, 0.3) is 0 Å². The van der Waals surface area contributed by atoms with E-state index >= 15 is 0 Å². The van der Waals surface area contributed by atoms with Crippen molar-refractivity contribution in [3.05, 3.63) is 71.3 Å². The lowest BCUT2D eigenvalue weighted by Crippen LogP contribution is -2.42. The number of esters is 1. The van der Waals surface area contributed by atoms with Crippen LogP contribution in [0.25, 0.3) is 0 Å². The molecule has 2 atom stereocenters. The molecule has 2 aromatic carbocycles. The van der Waals surface area contributed by atoms with Crippen LogP contribution in [0.5, 0.6) is 0 Å². The first-order valence-corrected chi connectivity index (χ1v) is 8.56. The fraction of sp³-hybridized carbons (Fsp3) is 0.333. The summed E-state index contributed by atoms with van der Waals surface area (Å²) in [7, 11) is 0. The Hall–Kier alpha value is -2.62. The second-order valence-electron chi connectivity index (χ2n) is 6.78. The van der Waals surface area contributed by atoms with Crippen LogP contribution in [-0.4, -0.2) is 23.1 Å². The molecule has 1 aliphatic carbocycles. The molecule has 1 N–H and O–H groups in total. The Labute approximate surface area is 147 Å². The molecule has 0 heterocycles. The van der Waals surface area contributed by atoms with Crippen LogP contribution in [0.3, 0.4) is 0 Å². The van der Waals surface area contributed by atoms with Gasteiger partial charge in [-0.25, -0.2) is 4.79 Å². The summed E-state index contributed by atoms with van der Waals surface area (Å²) in [5.74, 6) is -1.34. The molecule has 0 amide bonds. The summed E-state index contributed by atoms with van der Waals surface area (Å²) < 4.78 is 5.68. The minimum atomic E-state index is -1.05. The molecule has 2 unspecified atom stereocenters. The van der Waals surface area contributed by atoms with Gasteiger partial charge in [-0.1, -0.05) is 48.0 Å². The predicted molar refractivity (Wildman–Crippen MR) is 94.4 cm³/mol. The monoisotopic (exact) mass is 338 g/mol. The fourth-order valence-corrected chi connectivity index (χ4v) is 3.66. The van der Waals surface area contributed by atoms with Gasteiger partial charge in [0.1, 0.15) is 11.5 Å². The van der Waals surface area contributed by atoms with Crippen molar-refractivity contribution in [2.75, 3.05) is 0 Å². The number of aliphatic carboxylic acids is 1. The van der Waals surface area contributed by atoms with Crippen LogP contribution in [0.1, 0.15) is 40.7 Å². The van der Waals surface area contributed by atoms with Crippen LogP contribution in [0.4, 0.5) is 0 Å². The molecule has 0 spiro atoms. The van der Waals surface area contributed by atoms with Gasteiger partial charge in [0.2, 0.25) is 0 Å². The highest BCUT2D eigenvalue weighted by Crippen LogP contribution is 2.43. The molecule has 0 aromatic heterocycles. The fourth-order valence-electron chi connectivity index (χ4n) is 3.66. The van der Waals surface area contributed by atoms with Gasteiger partial charge in [0.05, 0.1) is 5.56 Å². The first-order chi connectivity index (χ1) is 12.0. The molecule has 25 heavy (non-hydrogen) atoms. The molecule has 0 bridgehead atoms. The maximum atomic E-state index is 12.5. The van der Waals surface area contributed by atoms with Crippen molar-refractivity contribution >= 4 is 11.9 Å². The summed E-state index contributed by atoms with van der Waals surface area (Å²) in [5.41, 5.74) is 1.32. The van der Waals surface area contributed by atoms with Crippen molar-refractivity contribution in [2.45, 2.75) is 38.7 Å². The summed E-state index contributed by atoms with van der Waals surface area (Å²) in [6.07, 6.45) is 1.60. The zero-order valence-corrected chi connectivity index (χ0v) is 14.3. The third-order valence-electron chi connectivity index (χ3n) is 5.00. The molecule has 1 saturated carbocycles. The highest BCUT2D eigenvalue weighted by atomic mass is 16.5. The van der Waals surface area contributed by atoms with E-state index in [1.165, 1.54) is 0 Å². The number of benzene rings is 2. The molecule has 0 radical (unpaired) electrons. The molecule has 0 saturated heterocycles. The molecular weight excluding hydrogens is 316 g/mol. The molecular formula is C21H22O4. The van der Waals surface area contributed by atoms with Crippen LogP contribution in [0.15, 0.2) is 54.6 Å². The lowest BCUT2D eigenvalue weighted by Gasteiger charge is -2.31. The highest BCUT2D eigenvalue weighted by Gasteiger charge is 2.51. The number of carboxylic acids is 1. The lowest BCUT2D eigenvalue weighted by atomic mass is 9.78. The first-order valence-electron chi connectivity index (χ1n) is 8.56. The SMILES string of the molecule is Cc1cccc(C(=O)OC2CCCC2(Cc2ccccc2)C(=O)O)c1. The van der Waals surface area contributed by atoms with E-state index in [2.05, 4.69) is 0 Å². The molecule has 1 fully saturated rings. The molecule has 3 rings (SSSR count). The van der Waals surface area contributed by atoms with Crippen LogP contribution in [-0.2, 0) is 16.0 Å². The molecule has 4 nitrogen and oxygen atoms in total. The largest absolute Gasteiger partial charge is 0.481 e. The van der Waals surface area contributed by atoms with Gasteiger partial charge in [0.15, 0.2) is 0 Å². The summed E-state index contributed by atoms with van der Waals surface area (Å²) in [6, 6.07) is 16.7. The number of hydrogen-bond donors (Lipinski definition) is 1. The van der Waals surface area contributed by atoms with Gasteiger partial charge in [-0.15, -0.1) is 0 Å². The van der Waals surface area contributed by atoms with Crippen molar-refractivity contribution < 1.29 is 19.4 Å². The Morgan fingerprint density at radius 3 is 2.60 bits per heavy atom. The number of ether oxygens (including phenoxy) is 1. The second-order valence-corrected chi connectivity index (χ2v) is 6.78. The van der Waals surface area contributed by atoms with E-state index in [0.29, 0.717) is 24.8 Å². The minimum absolute atomic E-state index is 0.370. The van der Waals surface area contributed by atoms with E-state index in [1.807, 2.05) is 43.3 Å². The Bertz CT molecular complexity index is 768. The smallest absolute Gasteiger partial charge is 0.338 e. The van der Waals surface area contributed by atoms with E-state index in [9.17, 15) is 14.7 Å². The predicted octanol–water partition coefficient (Wildman–Crippen LogP) is 4.02. The second kappa shape index (κ2) is 7.09. The molecule has 1 aliphatic rings. The summed E-state index contributed by atoms with van der Waals surface area (Å²) >= 11 is 0. The highest BCUT2D eigenvalue weighted by molar-refractivity contribution is 5.90. The van der Waals surface area contributed by atoms with E-state index in [4.69, 9.17) is 4.74 Å². The number of carbonyl (C=O) groups excluding carboxylic acids is 1. The van der Waals surface area contributed by atoms with Crippen LogP contribution >= 0.6 is 0 Å². The van der Waals surface area contributed by atoms with Crippen LogP contribution in [0, 0.1) is 12.3 Å². The number of rotatable bonds is 5. The number of carboxylic acid groups (broad SMARTS) is 1. The number of aryl methyl sites for hydroxylation is 1. The van der Waals surface area contributed by atoms with Crippen molar-refractivity contribution in [1.29, 1.82) is 0 Å². The average Bonchev–Trinajstić information content (AvgIpc) is 2.99. The zero-order valence-electron chi connectivity index (χ0n) is 14.3. The average molecular weight is 338 g/mol. The Balaban J connectivity index is 1.83. The maximum Gasteiger partial charge on any atom is 0.338 e. The lowest BCUT2D eigenvalue weighted by molar-refractivity contribution is -0.154. The number of hydrogen-bond acceptors (Lipinski definition) is 3. The minimum Gasteiger partial charge on any atom is -0.481 e. The standard InChI is InChI=1S/C21H22O4/c1-15-7-5-10-17(13-15)19(22)25-18-11-6-12-21(18,20(23)24)14-16-8-3-2-4-9-16/h2-5,7-10,13,18H,6,11-12,14H2,1H3,(H,23,24). The van der Waals surface area contributed by atoms with Crippen molar-refractivity contribution in [1.82, 2.24) is 0 Å². The van der Waals surface area contributed by atoms with Crippen molar-refractivity contribution in [2.24, 2.45) is 5.41 Å². The van der Waals surface area contributed by atoms with Gasteiger partial charge in [-0.05, 0) is 50.3 Å². The van der Waals surface area contributed by atoms with E-state index in [0.717, 1.165) is 17.5 Å². The van der Waals surface area contributed by atoms with Gasteiger partial charge >= 0.3 is 11.9 Å². The third-order valence-corrected chi connectivity index (χ3v) is 5.00. The van der Waals surface area contributed by atoms with Crippen LogP contribution in [0.2, 0.25) is 0 Å². The van der Waals surface area contributed by atoms with Crippen molar-refractivity contribution in [3.63, 3.8) is 0 Å². The zero-order chi connectivity index (χ0) is 17.9. The van der Waals surface area contributed by atoms with E-state index < -0.39 is 23.5 Å². The Morgan fingerprint density at radius 1 is 1.16 bits per heavy atom.